The Bertz CT molecular complexity index is 1400. The zero-order valence-corrected chi connectivity index (χ0v) is 20.3. The molecular formula is C24H27F2N7O2. The van der Waals surface area contributed by atoms with E-state index in [9.17, 15) is 8.78 Å². The minimum absolute atomic E-state index is 0.366. The summed E-state index contributed by atoms with van der Waals surface area (Å²) in [5.74, 6) is -0.416. The van der Waals surface area contributed by atoms with Crippen molar-refractivity contribution < 1.29 is 18.3 Å². The average Bonchev–Trinajstić information content (AvgIpc) is 3.31. The number of methoxy groups -OCH3 is 2. The molecule has 4 heterocycles. The lowest BCUT2D eigenvalue weighted by atomic mass is 10.1. The average molecular weight is 484 g/mol. The number of halogens is 2. The Kier molecular flexibility index (Phi) is 5.49. The third-order valence-corrected chi connectivity index (χ3v) is 6.14. The van der Waals surface area contributed by atoms with E-state index in [0.717, 1.165) is 28.2 Å². The van der Waals surface area contributed by atoms with Gasteiger partial charge < -0.3 is 19.7 Å². The lowest BCUT2D eigenvalue weighted by Crippen LogP contribution is -2.56. The highest BCUT2D eigenvalue weighted by molar-refractivity contribution is 5.83. The smallest absolute Gasteiger partial charge is 0.282 e. The second kappa shape index (κ2) is 8.40. The number of fused-ring (bicyclic) bond motifs is 1. The monoisotopic (exact) mass is 483 g/mol. The first-order valence-electron chi connectivity index (χ1n) is 11.2. The van der Waals surface area contributed by atoms with E-state index in [4.69, 9.17) is 19.6 Å². The first kappa shape index (κ1) is 22.9. The second-order valence-electron chi connectivity index (χ2n) is 8.73. The Morgan fingerprint density at radius 3 is 2.40 bits per heavy atom. The molecule has 0 atom stereocenters. The first-order valence-corrected chi connectivity index (χ1v) is 11.2. The Morgan fingerprint density at radius 1 is 1.03 bits per heavy atom. The Balaban J connectivity index is 1.62. The molecule has 0 unspecified atom stereocenters. The molecule has 1 aliphatic heterocycles. The molecule has 184 valence electrons. The van der Waals surface area contributed by atoms with Crippen LogP contribution in [0.5, 0.6) is 11.5 Å². The zero-order valence-electron chi connectivity index (χ0n) is 20.3. The summed E-state index contributed by atoms with van der Waals surface area (Å²) in [4.78, 5) is 6.33. The number of benzene rings is 1. The van der Waals surface area contributed by atoms with Crippen LogP contribution in [0, 0.1) is 13.8 Å². The van der Waals surface area contributed by atoms with Crippen LogP contribution in [0.4, 0.5) is 20.4 Å². The number of aryl methyl sites for hydroxylation is 3. The molecule has 1 N–H and O–H groups in total. The molecule has 3 aromatic heterocycles. The SMILES string of the molecule is COc1ccc(-c2c(C)nn3c(NCc4cc(C)nn4C)cc(N4CC(F)(F)C4)nc23)cc1OC. The van der Waals surface area contributed by atoms with E-state index in [1.54, 1.807) is 34.4 Å². The van der Waals surface area contributed by atoms with Crippen LogP contribution in [0.25, 0.3) is 16.8 Å². The van der Waals surface area contributed by atoms with E-state index < -0.39 is 5.92 Å². The zero-order chi connectivity index (χ0) is 24.9. The lowest BCUT2D eigenvalue weighted by molar-refractivity contribution is -0.0266. The Morgan fingerprint density at radius 2 is 1.77 bits per heavy atom. The maximum absolute atomic E-state index is 13.7. The van der Waals surface area contributed by atoms with Crippen molar-refractivity contribution in [2.45, 2.75) is 26.3 Å². The van der Waals surface area contributed by atoms with Gasteiger partial charge in [0.1, 0.15) is 11.6 Å². The summed E-state index contributed by atoms with van der Waals surface area (Å²) in [6.45, 7) is 3.58. The molecule has 0 bridgehead atoms. The second-order valence-corrected chi connectivity index (χ2v) is 8.73. The maximum Gasteiger partial charge on any atom is 0.282 e. The molecular weight excluding hydrogens is 456 g/mol. The largest absolute Gasteiger partial charge is 0.493 e. The van der Waals surface area contributed by atoms with Crippen molar-refractivity contribution in [1.29, 1.82) is 0 Å². The molecule has 4 aromatic rings. The van der Waals surface area contributed by atoms with Crippen molar-refractivity contribution in [3.8, 4) is 22.6 Å². The van der Waals surface area contributed by atoms with E-state index in [2.05, 4.69) is 10.4 Å². The predicted octanol–water partition coefficient (Wildman–Crippen LogP) is 3.83. The number of aromatic nitrogens is 5. The Labute approximate surface area is 201 Å². The van der Waals surface area contributed by atoms with Gasteiger partial charge in [-0.25, -0.2) is 13.8 Å². The fraction of sp³-hybridized carbons (Fsp3) is 0.375. The normalized spacial score (nSPS) is 14.8. The third-order valence-electron chi connectivity index (χ3n) is 6.14. The minimum Gasteiger partial charge on any atom is -0.493 e. The number of hydrogen-bond acceptors (Lipinski definition) is 7. The van der Waals surface area contributed by atoms with Crippen LogP contribution in [0.2, 0.25) is 0 Å². The molecule has 0 aliphatic carbocycles. The van der Waals surface area contributed by atoms with Crippen molar-refractivity contribution in [2.24, 2.45) is 7.05 Å². The highest BCUT2D eigenvalue weighted by Crippen LogP contribution is 2.38. The number of ether oxygens (including phenoxy) is 2. The van der Waals surface area contributed by atoms with Gasteiger partial charge in [0.05, 0.1) is 50.9 Å². The molecule has 1 saturated heterocycles. The molecule has 5 rings (SSSR count). The van der Waals surface area contributed by atoms with E-state index in [-0.39, 0.29) is 13.1 Å². The summed E-state index contributed by atoms with van der Waals surface area (Å²) in [5, 5.41) is 12.5. The van der Waals surface area contributed by atoms with Gasteiger partial charge in [-0.3, -0.25) is 4.68 Å². The number of alkyl halides is 2. The number of rotatable bonds is 7. The van der Waals surface area contributed by atoms with Crippen molar-refractivity contribution in [3.63, 3.8) is 0 Å². The predicted molar refractivity (Wildman–Crippen MR) is 129 cm³/mol. The fourth-order valence-electron chi connectivity index (χ4n) is 4.41. The van der Waals surface area contributed by atoms with Gasteiger partial charge in [-0.2, -0.15) is 14.7 Å². The molecule has 0 amide bonds. The maximum atomic E-state index is 13.7. The molecule has 0 radical (unpaired) electrons. The molecule has 0 spiro atoms. The molecule has 0 saturated carbocycles. The number of hydrogen-bond donors (Lipinski definition) is 1. The summed E-state index contributed by atoms with van der Waals surface area (Å²) in [6, 6.07) is 9.34. The summed E-state index contributed by atoms with van der Waals surface area (Å²) in [6.07, 6.45) is 0. The van der Waals surface area contributed by atoms with Gasteiger partial charge in [0.15, 0.2) is 17.1 Å². The topological polar surface area (TPSA) is 81.7 Å². The van der Waals surface area contributed by atoms with E-state index >= 15 is 0 Å². The highest BCUT2D eigenvalue weighted by atomic mass is 19.3. The van der Waals surface area contributed by atoms with Gasteiger partial charge in [0.2, 0.25) is 0 Å². The first-order chi connectivity index (χ1) is 16.7. The van der Waals surface area contributed by atoms with E-state index in [1.165, 1.54) is 0 Å². The van der Waals surface area contributed by atoms with Crippen LogP contribution < -0.4 is 19.7 Å². The molecule has 1 fully saturated rings. The van der Waals surface area contributed by atoms with Crippen LogP contribution in [-0.2, 0) is 13.6 Å². The van der Waals surface area contributed by atoms with E-state index in [1.807, 2.05) is 45.2 Å². The molecule has 35 heavy (non-hydrogen) atoms. The molecule has 1 aromatic carbocycles. The minimum atomic E-state index is -2.71. The van der Waals surface area contributed by atoms with Crippen LogP contribution in [-0.4, -0.2) is 57.6 Å². The molecule has 11 heteroatoms. The Hall–Kier alpha value is -3.89. The summed E-state index contributed by atoms with van der Waals surface area (Å²) in [7, 11) is 5.04. The van der Waals surface area contributed by atoms with Gasteiger partial charge in [-0.15, -0.1) is 0 Å². The number of nitrogens with zero attached hydrogens (tertiary/aromatic N) is 6. The van der Waals surface area contributed by atoms with Crippen molar-refractivity contribution >= 4 is 17.3 Å². The third kappa shape index (κ3) is 4.11. The van der Waals surface area contributed by atoms with Crippen molar-refractivity contribution in [1.82, 2.24) is 24.4 Å². The van der Waals surface area contributed by atoms with Crippen LogP contribution >= 0.6 is 0 Å². The molecule has 9 nitrogen and oxygen atoms in total. The van der Waals surface area contributed by atoms with Crippen LogP contribution in [0.1, 0.15) is 17.1 Å². The summed E-state index contributed by atoms with van der Waals surface area (Å²) >= 11 is 0. The number of nitrogens with one attached hydrogen (secondary N) is 1. The highest BCUT2D eigenvalue weighted by Gasteiger charge is 2.44. The van der Waals surface area contributed by atoms with Gasteiger partial charge in [0.25, 0.3) is 5.92 Å². The van der Waals surface area contributed by atoms with Gasteiger partial charge in [-0.1, -0.05) is 6.07 Å². The van der Waals surface area contributed by atoms with Gasteiger partial charge in [-0.05, 0) is 37.6 Å². The van der Waals surface area contributed by atoms with Gasteiger partial charge >= 0.3 is 0 Å². The summed E-state index contributed by atoms with van der Waals surface area (Å²) < 4.78 is 41.7. The summed E-state index contributed by atoms with van der Waals surface area (Å²) in [5.41, 5.74) is 4.83. The molecule has 1 aliphatic rings. The lowest BCUT2D eigenvalue weighted by Gasteiger charge is -2.39. The van der Waals surface area contributed by atoms with Crippen LogP contribution in [0.15, 0.2) is 30.3 Å². The number of anilines is 2. The van der Waals surface area contributed by atoms with Crippen molar-refractivity contribution in [2.75, 3.05) is 37.5 Å². The van der Waals surface area contributed by atoms with Gasteiger partial charge in [0, 0.05) is 18.7 Å². The van der Waals surface area contributed by atoms with Crippen molar-refractivity contribution in [3.05, 3.63) is 47.4 Å². The standard InChI is InChI=1S/C24H27F2N7O2/c1-14-8-17(31(3)29-14)11-27-20-10-21(32-12-24(25,26)13-32)28-23-22(15(2)30-33(20)23)16-6-7-18(34-4)19(9-16)35-5/h6-10,27H,11-13H2,1-5H3. The fourth-order valence-corrected chi connectivity index (χ4v) is 4.41. The van der Waals surface area contributed by atoms with E-state index in [0.29, 0.717) is 35.3 Å². The van der Waals surface area contributed by atoms with Crippen LogP contribution in [0.3, 0.4) is 0 Å². The quantitative estimate of drug-likeness (QED) is 0.428.